The van der Waals surface area contributed by atoms with Crippen LogP contribution in [-0.4, -0.2) is 22.8 Å². The van der Waals surface area contributed by atoms with Crippen molar-refractivity contribution in [1.82, 2.24) is 4.98 Å². The fourth-order valence-corrected chi connectivity index (χ4v) is 3.75. The zero-order valence-electron chi connectivity index (χ0n) is 16.6. The van der Waals surface area contributed by atoms with Crippen LogP contribution in [0.4, 0.5) is 22.9 Å². The quantitative estimate of drug-likeness (QED) is 0.506. The second-order valence-corrected chi connectivity index (χ2v) is 7.38. The zero-order valence-corrected chi connectivity index (χ0v) is 16.6. The van der Waals surface area contributed by atoms with Crippen LogP contribution in [0.3, 0.4) is 0 Å². The third-order valence-electron chi connectivity index (χ3n) is 5.04. The number of nitrogens with two attached hydrogens (primary N) is 1. The van der Waals surface area contributed by atoms with Gasteiger partial charge in [0.25, 0.3) is 5.91 Å². The lowest BCUT2D eigenvalue weighted by Gasteiger charge is -2.17. The number of aromatic nitrogens is 1. The Labute approximate surface area is 174 Å². The molecule has 1 aliphatic carbocycles. The van der Waals surface area contributed by atoms with Gasteiger partial charge in [-0.2, -0.15) is 0 Å². The molecule has 0 unspecified atom stereocenters. The monoisotopic (exact) mass is 401 g/mol. The van der Waals surface area contributed by atoms with Gasteiger partial charge in [0.05, 0.1) is 11.3 Å². The molecule has 0 saturated heterocycles. The van der Waals surface area contributed by atoms with Crippen molar-refractivity contribution < 1.29 is 9.59 Å². The summed E-state index contributed by atoms with van der Waals surface area (Å²) < 4.78 is 0. The van der Waals surface area contributed by atoms with Crippen molar-refractivity contribution in [2.75, 3.05) is 16.0 Å². The average Bonchev–Trinajstić information content (AvgIpc) is 3.10. The minimum absolute atomic E-state index is 0.139. The first-order valence-corrected chi connectivity index (χ1v) is 9.76. The summed E-state index contributed by atoms with van der Waals surface area (Å²) in [5.74, 6) is -0.0992. The van der Waals surface area contributed by atoms with Crippen LogP contribution in [0.2, 0.25) is 0 Å². The van der Waals surface area contributed by atoms with E-state index < -0.39 is 5.91 Å². The molecule has 0 saturated carbocycles. The summed E-state index contributed by atoms with van der Waals surface area (Å²) in [4.78, 5) is 27.5. The van der Waals surface area contributed by atoms with E-state index in [1.165, 1.54) is 24.2 Å². The van der Waals surface area contributed by atoms with Gasteiger partial charge < -0.3 is 21.7 Å². The first-order valence-electron chi connectivity index (χ1n) is 9.76. The maximum absolute atomic E-state index is 11.9. The van der Waals surface area contributed by atoms with Crippen LogP contribution in [0.15, 0.2) is 60.8 Å². The topological polar surface area (TPSA) is 109 Å². The molecular formula is C23H23N5O2. The van der Waals surface area contributed by atoms with E-state index in [1.54, 1.807) is 12.1 Å². The smallest absolute Gasteiger partial charge is 0.252 e. The van der Waals surface area contributed by atoms with Crippen LogP contribution in [0.25, 0.3) is 0 Å². The number of nitrogens with zero attached hydrogens (tertiary/aromatic N) is 1. The molecule has 0 fully saturated rings. The van der Waals surface area contributed by atoms with Crippen molar-refractivity contribution in [3.8, 4) is 0 Å². The highest BCUT2D eigenvalue weighted by Gasteiger charge is 2.22. The largest absolute Gasteiger partial charge is 0.381 e. The first kappa shape index (κ1) is 19.4. The molecule has 7 nitrogen and oxygen atoms in total. The van der Waals surface area contributed by atoms with Crippen LogP contribution >= 0.6 is 0 Å². The molecule has 2 amide bonds. The number of rotatable bonds is 6. The molecule has 152 valence electrons. The van der Waals surface area contributed by atoms with Crippen LogP contribution in [0.1, 0.15) is 28.4 Å². The fraction of sp³-hybridized carbons (Fsp3) is 0.174. The SMILES string of the molecule is CC(=O)Nc1cccc(Nc2cc(NC3Cc4ccccc4C3)c(C(N)=O)cn2)c1. The number of carbonyl (C=O) groups is 2. The minimum atomic E-state index is -0.528. The highest BCUT2D eigenvalue weighted by atomic mass is 16.1. The van der Waals surface area contributed by atoms with E-state index in [-0.39, 0.29) is 11.9 Å². The lowest BCUT2D eigenvalue weighted by Crippen LogP contribution is -2.23. The Morgan fingerprint density at radius 3 is 2.37 bits per heavy atom. The Hall–Kier alpha value is -3.87. The van der Waals surface area contributed by atoms with Gasteiger partial charge in [0.1, 0.15) is 5.82 Å². The number of hydrogen-bond donors (Lipinski definition) is 4. The van der Waals surface area contributed by atoms with E-state index in [0.717, 1.165) is 18.5 Å². The van der Waals surface area contributed by atoms with Gasteiger partial charge in [0.2, 0.25) is 5.91 Å². The minimum Gasteiger partial charge on any atom is -0.381 e. The summed E-state index contributed by atoms with van der Waals surface area (Å²) in [5.41, 5.74) is 10.6. The van der Waals surface area contributed by atoms with Crippen molar-refractivity contribution >= 4 is 34.7 Å². The molecular weight excluding hydrogens is 378 g/mol. The molecule has 0 atom stereocenters. The molecule has 1 aliphatic rings. The van der Waals surface area contributed by atoms with Crippen molar-refractivity contribution in [3.63, 3.8) is 0 Å². The number of hydrogen-bond acceptors (Lipinski definition) is 5. The number of pyridine rings is 1. The van der Waals surface area contributed by atoms with Gasteiger partial charge in [0.15, 0.2) is 0 Å². The lowest BCUT2D eigenvalue weighted by atomic mass is 10.1. The Morgan fingerprint density at radius 1 is 1.00 bits per heavy atom. The highest BCUT2D eigenvalue weighted by molar-refractivity contribution is 5.98. The predicted molar refractivity (Wildman–Crippen MR) is 118 cm³/mol. The fourth-order valence-electron chi connectivity index (χ4n) is 3.75. The highest BCUT2D eigenvalue weighted by Crippen LogP contribution is 2.28. The van der Waals surface area contributed by atoms with Gasteiger partial charge in [-0.15, -0.1) is 0 Å². The van der Waals surface area contributed by atoms with Crippen LogP contribution < -0.4 is 21.7 Å². The molecule has 1 heterocycles. The Bertz CT molecular complexity index is 1090. The Kier molecular flexibility index (Phi) is 5.34. The molecule has 2 aromatic carbocycles. The summed E-state index contributed by atoms with van der Waals surface area (Å²) in [5, 5.41) is 9.43. The second-order valence-electron chi connectivity index (χ2n) is 7.38. The van der Waals surface area contributed by atoms with Crippen molar-refractivity contribution in [3.05, 3.63) is 77.5 Å². The maximum Gasteiger partial charge on any atom is 0.252 e. The molecule has 0 bridgehead atoms. The summed E-state index contributed by atoms with van der Waals surface area (Å²) in [7, 11) is 0. The molecule has 0 radical (unpaired) electrons. The number of anilines is 4. The van der Waals surface area contributed by atoms with E-state index in [9.17, 15) is 9.59 Å². The molecule has 4 rings (SSSR count). The number of amides is 2. The van der Waals surface area contributed by atoms with Crippen LogP contribution in [0, 0.1) is 0 Å². The first-order chi connectivity index (χ1) is 14.5. The lowest BCUT2D eigenvalue weighted by molar-refractivity contribution is -0.114. The normalized spacial score (nSPS) is 12.8. The molecule has 5 N–H and O–H groups in total. The number of benzene rings is 2. The molecule has 0 spiro atoms. The van der Waals surface area contributed by atoms with E-state index in [4.69, 9.17) is 5.73 Å². The number of primary amides is 1. The number of nitrogens with one attached hydrogen (secondary N) is 3. The van der Waals surface area contributed by atoms with Gasteiger partial charge in [-0.3, -0.25) is 9.59 Å². The summed E-state index contributed by atoms with van der Waals surface area (Å²) in [6.07, 6.45) is 3.25. The Balaban J connectivity index is 1.55. The van der Waals surface area contributed by atoms with Crippen molar-refractivity contribution in [2.45, 2.75) is 25.8 Å². The zero-order chi connectivity index (χ0) is 21.1. The van der Waals surface area contributed by atoms with Gasteiger partial charge in [-0.05, 0) is 42.2 Å². The molecule has 3 aromatic rings. The van der Waals surface area contributed by atoms with Gasteiger partial charge >= 0.3 is 0 Å². The summed E-state index contributed by atoms with van der Waals surface area (Å²) in [6.45, 7) is 1.46. The van der Waals surface area contributed by atoms with E-state index in [1.807, 2.05) is 30.3 Å². The molecule has 1 aromatic heterocycles. The van der Waals surface area contributed by atoms with Gasteiger partial charge in [0, 0.05) is 36.6 Å². The molecule has 7 heteroatoms. The molecule has 30 heavy (non-hydrogen) atoms. The third-order valence-corrected chi connectivity index (χ3v) is 5.04. The summed E-state index contributed by atoms with van der Waals surface area (Å²) >= 11 is 0. The number of carbonyl (C=O) groups excluding carboxylic acids is 2. The summed E-state index contributed by atoms with van der Waals surface area (Å²) in [6, 6.07) is 17.6. The van der Waals surface area contributed by atoms with Crippen LogP contribution in [0.5, 0.6) is 0 Å². The standard InChI is InChI=1S/C23H23N5O2/c1-14(29)26-17-7-4-8-18(11-17)28-22-12-21(20(13-25-22)23(24)30)27-19-9-15-5-2-3-6-16(15)10-19/h2-8,11-13,19H,9-10H2,1H3,(H2,24,30)(H,26,29)(H2,25,27,28). The third kappa shape index (κ3) is 4.41. The van der Waals surface area contributed by atoms with Gasteiger partial charge in [-0.1, -0.05) is 30.3 Å². The van der Waals surface area contributed by atoms with Gasteiger partial charge in [-0.25, -0.2) is 4.98 Å². The van der Waals surface area contributed by atoms with E-state index in [0.29, 0.717) is 22.8 Å². The average molecular weight is 401 g/mol. The van der Waals surface area contributed by atoms with E-state index >= 15 is 0 Å². The second kappa shape index (κ2) is 8.24. The van der Waals surface area contributed by atoms with Crippen LogP contribution in [-0.2, 0) is 17.6 Å². The van der Waals surface area contributed by atoms with Crippen molar-refractivity contribution in [1.29, 1.82) is 0 Å². The Morgan fingerprint density at radius 2 is 1.70 bits per heavy atom. The van der Waals surface area contributed by atoms with Crippen molar-refractivity contribution in [2.24, 2.45) is 5.73 Å². The number of fused-ring (bicyclic) bond motifs is 1. The molecule has 0 aliphatic heterocycles. The maximum atomic E-state index is 11.9. The predicted octanol–water partition coefficient (Wildman–Crippen LogP) is 3.46. The van der Waals surface area contributed by atoms with E-state index in [2.05, 4.69) is 33.1 Å².